The summed E-state index contributed by atoms with van der Waals surface area (Å²) in [6, 6.07) is 0. The third-order valence-corrected chi connectivity index (χ3v) is 0. The van der Waals surface area contributed by atoms with E-state index in [-0.39, 0.29) is 82.1 Å². The van der Waals surface area contributed by atoms with Crippen LogP contribution in [0.25, 0.3) is 0 Å². The molecule has 4 heavy (non-hydrogen) atoms. The molecule has 0 spiro atoms. The Morgan fingerprint density at radius 3 is 1.25 bits per heavy atom. The minimum Gasteiger partial charge on any atom is -0.197 e. The van der Waals surface area contributed by atoms with Gasteiger partial charge in [0.2, 0.25) is 0 Å². The predicted octanol–water partition coefficient (Wildman–Crippen LogP) is -0.339. The van der Waals surface area contributed by atoms with Gasteiger partial charge in [0.1, 0.15) is 0 Å². The second-order valence-corrected chi connectivity index (χ2v) is 0. The predicted molar refractivity (Wildman–Crippen MR) is 8.14 cm³/mol. The van der Waals surface area contributed by atoms with Crippen LogP contribution in [0.2, 0.25) is 0 Å². The van der Waals surface area contributed by atoms with Crippen molar-refractivity contribution in [2.75, 3.05) is 0 Å². The van der Waals surface area contributed by atoms with Crippen LogP contribution >= 0.6 is 0 Å². The van der Waals surface area contributed by atoms with Gasteiger partial charge in [-0.2, -0.15) is 4.21 Å². The van der Waals surface area contributed by atoms with Crippen molar-refractivity contribution in [2.45, 2.75) is 0 Å². The maximum atomic E-state index is 7.83. The average molecular weight is 289 g/mol. The first-order chi connectivity index (χ1) is 1.00. The largest absolute Gasteiger partial charge is 0.197 e. The van der Waals surface area contributed by atoms with Crippen molar-refractivity contribution in [3.8, 4) is 0 Å². The van der Waals surface area contributed by atoms with Gasteiger partial charge in [-0.1, -0.05) is 0 Å². The molecular weight excluding hydrogens is 289 g/mol. The smallest absolute Gasteiger partial charge is 0.197 e. The number of hydrogen-bond acceptors (Lipinski definition) is 2. The Kier molecular flexibility index (Phi) is 68.6. The van der Waals surface area contributed by atoms with Crippen molar-refractivity contribution in [1.29, 1.82) is 0 Å². The molecule has 0 unspecified atom stereocenters. The standard InChI is InChI=1S/Eu.OS.Y/c;1-2;. The molecule has 2 radical (unpaired) electrons. The van der Waals surface area contributed by atoms with Gasteiger partial charge in [0, 0.05) is 82.1 Å². The molecule has 0 saturated heterocycles. The Bertz CT molecular complexity index is 8.00. The van der Waals surface area contributed by atoms with Gasteiger partial charge in [0.05, 0.1) is 0 Å². The zero-order valence-electron chi connectivity index (χ0n) is 1.77. The van der Waals surface area contributed by atoms with Crippen molar-refractivity contribution in [3.05, 3.63) is 0 Å². The van der Waals surface area contributed by atoms with Crippen molar-refractivity contribution in [3.63, 3.8) is 0 Å². The first-order valence-corrected chi connectivity index (χ1v) is 0.500. The van der Waals surface area contributed by atoms with E-state index in [4.69, 9.17) is 4.21 Å². The van der Waals surface area contributed by atoms with Gasteiger partial charge >= 0.3 is 0 Å². The van der Waals surface area contributed by atoms with E-state index < -0.39 is 0 Å². The molecule has 1 nitrogen and oxygen atoms in total. The van der Waals surface area contributed by atoms with Crippen LogP contribution in [0.1, 0.15) is 0 Å². The van der Waals surface area contributed by atoms with Crippen molar-refractivity contribution >= 4 is 12.5 Å². The topological polar surface area (TPSA) is 17.1 Å². The Morgan fingerprint density at radius 2 is 1.25 bits per heavy atom. The molecule has 22 valence electrons. The normalized spacial score (nSPS) is 1.00. The van der Waals surface area contributed by atoms with E-state index in [1.165, 1.54) is 0 Å². The third kappa shape index (κ3) is 8.83. The van der Waals surface area contributed by atoms with Crippen LogP contribution in [0.4, 0.5) is 0 Å². The van der Waals surface area contributed by atoms with Crippen LogP contribution in [0.3, 0.4) is 0 Å². The first-order valence-electron chi connectivity index (χ1n) is 0.167. The van der Waals surface area contributed by atoms with E-state index in [2.05, 4.69) is 12.5 Å². The van der Waals surface area contributed by atoms with Gasteiger partial charge in [-0.05, 0) is 0 Å². The Balaban J connectivity index is -0.00000000500. The molecule has 0 aromatic heterocycles. The van der Waals surface area contributed by atoms with E-state index >= 15 is 0 Å². The van der Waals surface area contributed by atoms with Crippen LogP contribution in [0, 0.1) is 49.4 Å². The molecule has 0 bridgehead atoms. The molecule has 0 rings (SSSR count). The van der Waals surface area contributed by atoms with Crippen LogP contribution in [-0.2, 0) is 45.2 Å². The summed E-state index contributed by atoms with van der Waals surface area (Å²) >= 11 is 2.83. The maximum Gasteiger partial charge on any atom is 0.197 e. The molecule has 0 aromatic carbocycles. The van der Waals surface area contributed by atoms with E-state index in [9.17, 15) is 0 Å². The summed E-state index contributed by atoms with van der Waals surface area (Å²) in [5.41, 5.74) is 0. The van der Waals surface area contributed by atoms with E-state index in [0.29, 0.717) is 0 Å². The molecule has 0 amide bonds. The van der Waals surface area contributed by atoms with Gasteiger partial charge in [0.15, 0.2) is 12.5 Å². The zero-order chi connectivity index (χ0) is 2.00. The SMILES string of the molecule is O=S.[Eu].[Y]. The Hall–Kier alpha value is 2.71. The Morgan fingerprint density at radius 1 is 1.25 bits per heavy atom. The second-order valence-electron chi connectivity index (χ2n) is 0. The fraction of sp³-hybridized carbons (Fsp3) is 0. The summed E-state index contributed by atoms with van der Waals surface area (Å²) in [4.78, 5) is 0. The summed E-state index contributed by atoms with van der Waals surface area (Å²) in [5.74, 6) is 0. The van der Waals surface area contributed by atoms with Gasteiger partial charge in [-0.25, -0.2) is 0 Å². The molecule has 0 aromatic rings. The number of hydrogen-bond donors (Lipinski definition) is 0. The quantitative estimate of drug-likeness (QED) is 0.607. The van der Waals surface area contributed by atoms with Gasteiger partial charge in [-0.3, -0.25) is 0 Å². The van der Waals surface area contributed by atoms with E-state index in [1.807, 2.05) is 0 Å². The zero-order valence-corrected chi connectivity index (χ0v) is 7.85. The summed E-state index contributed by atoms with van der Waals surface area (Å²) in [7, 11) is 0. The van der Waals surface area contributed by atoms with Crippen molar-refractivity contribution in [1.82, 2.24) is 0 Å². The average Bonchev–Trinajstić information content (AvgIpc) is 1.00. The summed E-state index contributed by atoms with van der Waals surface area (Å²) in [6.45, 7) is 0. The molecule has 0 N–H and O–H groups in total. The second kappa shape index (κ2) is 17.3. The van der Waals surface area contributed by atoms with Crippen molar-refractivity contribution < 1.29 is 86.3 Å². The minimum atomic E-state index is 0. The van der Waals surface area contributed by atoms with Crippen molar-refractivity contribution in [2.24, 2.45) is 0 Å². The molecule has 0 heterocycles. The fourth-order valence-electron chi connectivity index (χ4n) is 0. The minimum absolute atomic E-state index is 0. The van der Waals surface area contributed by atoms with E-state index in [1.54, 1.807) is 0 Å². The molecule has 0 aliphatic carbocycles. The summed E-state index contributed by atoms with van der Waals surface area (Å²) < 4.78 is 7.83. The van der Waals surface area contributed by atoms with Gasteiger partial charge in [0.25, 0.3) is 0 Å². The molecule has 0 fully saturated rings. The monoisotopic (exact) mass is 290 g/mol. The maximum absolute atomic E-state index is 7.83. The molecule has 0 aliphatic heterocycles. The summed E-state index contributed by atoms with van der Waals surface area (Å²) in [5, 5.41) is 0. The van der Waals surface area contributed by atoms with Crippen LogP contribution in [-0.4, -0.2) is 4.21 Å². The van der Waals surface area contributed by atoms with Crippen LogP contribution < -0.4 is 0 Å². The van der Waals surface area contributed by atoms with Crippen LogP contribution in [0.15, 0.2) is 0 Å². The Labute approximate surface area is 96.2 Å². The number of rotatable bonds is 0. The summed E-state index contributed by atoms with van der Waals surface area (Å²) in [6.07, 6.45) is 0. The molecule has 0 aliphatic rings. The molecule has 0 atom stereocenters. The fourth-order valence-corrected chi connectivity index (χ4v) is 0. The van der Waals surface area contributed by atoms with Crippen LogP contribution in [0.5, 0.6) is 0 Å². The molecular formula is EuOSY. The third-order valence-electron chi connectivity index (χ3n) is 0. The first kappa shape index (κ1) is 15.9. The molecule has 4 heteroatoms. The van der Waals surface area contributed by atoms with Gasteiger partial charge < -0.3 is 0 Å². The molecule has 0 saturated carbocycles. The van der Waals surface area contributed by atoms with E-state index in [0.717, 1.165) is 0 Å². The van der Waals surface area contributed by atoms with Gasteiger partial charge in [-0.15, -0.1) is 0 Å².